The fourth-order valence-electron chi connectivity index (χ4n) is 3.70. The van der Waals surface area contributed by atoms with Crippen molar-refractivity contribution in [3.63, 3.8) is 0 Å². The first-order valence-electron chi connectivity index (χ1n) is 11.0. The van der Waals surface area contributed by atoms with Crippen molar-refractivity contribution in [3.8, 4) is 5.75 Å². The smallest absolute Gasteiger partial charge is 0.238 e. The fraction of sp³-hybridized carbons (Fsp3) is 0.522. The second-order valence-corrected chi connectivity index (χ2v) is 9.28. The van der Waals surface area contributed by atoms with E-state index >= 15 is 0 Å². The minimum Gasteiger partial charge on any atom is -0.497 e. The van der Waals surface area contributed by atoms with Crippen LogP contribution in [-0.4, -0.2) is 59.6 Å². The van der Waals surface area contributed by atoms with Crippen LogP contribution in [0.4, 0.5) is 5.82 Å². The van der Waals surface area contributed by atoms with E-state index in [1.807, 2.05) is 12.1 Å². The maximum atomic E-state index is 12.5. The van der Waals surface area contributed by atoms with Crippen molar-refractivity contribution >= 4 is 29.4 Å². The molecule has 1 aromatic heterocycles. The number of methoxy groups -OCH3 is 1. The number of thioether (sulfide) groups is 1. The molecule has 2 atom stereocenters. The van der Waals surface area contributed by atoms with Gasteiger partial charge in [0.2, 0.25) is 11.8 Å². The molecule has 32 heavy (non-hydrogen) atoms. The van der Waals surface area contributed by atoms with Gasteiger partial charge in [-0.25, -0.2) is 0 Å². The first kappa shape index (κ1) is 24.1. The highest BCUT2D eigenvalue weighted by atomic mass is 32.2. The number of piperidine rings is 1. The summed E-state index contributed by atoms with van der Waals surface area (Å²) in [5.74, 6) is 1.75. The van der Waals surface area contributed by atoms with Crippen LogP contribution in [0.25, 0.3) is 0 Å². The van der Waals surface area contributed by atoms with Crippen molar-refractivity contribution in [2.24, 2.45) is 0 Å². The molecule has 2 heterocycles. The van der Waals surface area contributed by atoms with E-state index in [9.17, 15) is 9.59 Å². The molecule has 0 aliphatic carbocycles. The van der Waals surface area contributed by atoms with Crippen LogP contribution in [0.1, 0.15) is 43.6 Å². The topological polar surface area (TPSA) is 96.7 Å². The zero-order valence-corrected chi connectivity index (χ0v) is 19.7. The van der Waals surface area contributed by atoms with Crippen LogP contribution in [0.3, 0.4) is 0 Å². The lowest BCUT2D eigenvalue weighted by Gasteiger charge is -2.35. The minimum absolute atomic E-state index is 0.0811. The number of aryl methyl sites for hydroxylation is 1. The normalized spacial score (nSPS) is 16.2. The molecule has 0 spiro atoms. The van der Waals surface area contributed by atoms with Crippen LogP contribution in [-0.2, 0) is 9.59 Å². The van der Waals surface area contributed by atoms with E-state index in [0.29, 0.717) is 18.1 Å². The van der Waals surface area contributed by atoms with Gasteiger partial charge in [-0.15, -0.1) is 11.8 Å². The summed E-state index contributed by atoms with van der Waals surface area (Å²) in [5.41, 5.74) is 1.16. The third-order valence-corrected chi connectivity index (χ3v) is 6.68. The Labute approximate surface area is 193 Å². The average molecular weight is 461 g/mol. The first-order chi connectivity index (χ1) is 15.5. The fourth-order valence-corrected chi connectivity index (χ4v) is 4.42. The lowest BCUT2D eigenvalue weighted by atomic mass is 10.0. The highest BCUT2D eigenvalue weighted by Crippen LogP contribution is 2.26. The highest BCUT2D eigenvalue weighted by molar-refractivity contribution is 8.01. The average Bonchev–Trinajstić information content (AvgIpc) is 3.23. The summed E-state index contributed by atoms with van der Waals surface area (Å²) >= 11 is 1.29. The summed E-state index contributed by atoms with van der Waals surface area (Å²) < 4.78 is 10.2. The molecule has 2 N–H and O–H groups in total. The quantitative estimate of drug-likeness (QED) is 0.561. The third-order valence-electron chi connectivity index (χ3n) is 5.54. The molecule has 1 fully saturated rings. The van der Waals surface area contributed by atoms with Crippen molar-refractivity contribution in [2.45, 2.75) is 44.4 Å². The molecule has 8 nitrogen and oxygen atoms in total. The number of rotatable bonds is 10. The number of nitrogens with zero attached hydrogens (tertiary/aromatic N) is 2. The molecule has 1 aromatic carbocycles. The van der Waals surface area contributed by atoms with Crippen molar-refractivity contribution < 1.29 is 18.8 Å². The van der Waals surface area contributed by atoms with Gasteiger partial charge in [0.05, 0.1) is 24.2 Å². The molecular formula is C23H32N4O4S. The number of anilines is 1. The van der Waals surface area contributed by atoms with Crippen molar-refractivity contribution in [1.82, 2.24) is 15.4 Å². The Morgan fingerprint density at radius 3 is 2.56 bits per heavy atom. The van der Waals surface area contributed by atoms with Gasteiger partial charge in [-0.2, -0.15) is 0 Å². The summed E-state index contributed by atoms with van der Waals surface area (Å²) in [6.45, 7) is 6.12. The zero-order valence-electron chi connectivity index (χ0n) is 18.9. The lowest BCUT2D eigenvalue weighted by Crippen LogP contribution is -2.41. The van der Waals surface area contributed by atoms with Crippen LogP contribution in [0.15, 0.2) is 34.9 Å². The highest BCUT2D eigenvalue weighted by Gasteiger charge is 2.23. The number of nitrogens with one attached hydrogen (secondary N) is 2. The standard InChI is InChI=1S/C23H32N4O4S/c1-16-13-21(26-31-16)25-23(29)17(2)32-15-22(28)24-14-20(27-11-5-4-6-12-27)18-7-9-19(30-3)10-8-18/h7-10,13,17,20H,4-6,11-12,14-15H2,1-3H3,(H,24,28)(H,25,26,29)/t17-,20+/m1/s1. The maximum Gasteiger partial charge on any atom is 0.238 e. The van der Waals surface area contributed by atoms with E-state index in [-0.39, 0.29) is 23.6 Å². The van der Waals surface area contributed by atoms with Crippen LogP contribution in [0.5, 0.6) is 5.75 Å². The Morgan fingerprint density at radius 2 is 1.94 bits per heavy atom. The Morgan fingerprint density at radius 1 is 1.22 bits per heavy atom. The lowest BCUT2D eigenvalue weighted by molar-refractivity contribution is -0.118. The number of aromatic nitrogens is 1. The Hall–Kier alpha value is -2.52. The van der Waals surface area contributed by atoms with Gasteiger partial charge in [-0.3, -0.25) is 14.5 Å². The predicted octanol–water partition coefficient (Wildman–Crippen LogP) is 3.40. The van der Waals surface area contributed by atoms with Gasteiger partial charge >= 0.3 is 0 Å². The molecule has 0 unspecified atom stereocenters. The molecule has 9 heteroatoms. The van der Waals surface area contributed by atoms with Gasteiger partial charge < -0.3 is 19.9 Å². The van der Waals surface area contributed by atoms with Gasteiger partial charge in [0.15, 0.2) is 5.82 Å². The van der Waals surface area contributed by atoms with Gasteiger partial charge in [0.1, 0.15) is 11.5 Å². The summed E-state index contributed by atoms with van der Waals surface area (Å²) in [7, 11) is 1.66. The monoisotopic (exact) mass is 460 g/mol. The van der Waals surface area contributed by atoms with E-state index in [1.54, 1.807) is 27.0 Å². The van der Waals surface area contributed by atoms with E-state index in [2.05, 4.69) is 32.8 Å². The zero-order chi connectivity index (χ0) is 22.9. The van der Waals surface area contributed by atoms with Crippen LogP contribution >= 0.6 is 11.8 Å². The molecular weight excluding hydrogens is 428 g/mol. The molecule has 2 aromatic rings. The van der Waals surface area contributed by atoms with Crippen LogP contribution in [0, 0.1) is 6.92 Å². The SMILES string of the molecule is COc1ccc([C@H](CNC(=O)CS[C@H](C)C(=O)Nc2cc(C)on2)N2CCCCC2)cc1. The number of hydrogen-bond donors (Lipinski definition) is 2. The van der Waals surface area contributed by atoms with Crippen LogP contribution in [0.2, 0.25) is 0 Å². The molecule has 0 saturated carbocycles. The molecule has 3 rings (SSSR count). The largest absolute Gasteiger partial charge is 0.497 e. The molecule has 2 amide bonds. The van der Waals surface area contributed by atoms with Gasteiger partial charge in [0, 0.05) is 12.6 Å². The number of likely N-dealkylation sites (tertiary alicyclic amines) is 1. The molecule has 174 valence electrons. The maximum absolute atomic E-state index is 12.5. The van der Waals surface area contributed by atoms with E-state index in [1.165, 1.54) is 31.0 Å². The van der Waals surface area contributed by atoms with E-state index in [0.717, 1.165) is 24.4 Å². The second-order valence-electron chi connectivity index (χ2n) is 7.95. The number of amides is 2. The number of ether oxygens (including phenoxy) is 1. The molecule has 1 saturated heterocycles. The number of benzene rings is 1. The third kappa shape index (κ3) is 7.00. The Balaban J connectivity index is 1.50. The Kier molecular flexibility index (Phi) is 8.99. The van der Waals surface area contributed by atoms with E-state index < -0.39 is 5.25 Å². The van der Waals surface area contributed by atoms with Crippen molar-refractivity contribution in [2.75, 3.05) is 37.8 Å². The number of carbonyl (C=O) groups is 2. The minimum atomic E-state index is -0.391. The van der Waals surface area contributed by atoms with Gasteiger partial charge in [-0.1, -0.05) is 23.7 Å². The Bertz CT molecular complexity index is 880. The summed E-state index contributed by atoms with van der Waals surface area (Å²) in [6, 6.07) is 9.82. The number of carbonyl (C=O) groups excluding carboxylic acids is 2. The first-order valence-corrected chi connectivity index (χ1v) is 12.0. The second kappa shape index (κ2) is 11.9. The van der Waals surface area contributed by atoms with Crippen molar-refractivity contribution in [3.05, 3.63) is 41.7 Å². The summed E-state index contributed by atoms with van der Waals surface area (Å²) in [4.78, 5) is 27.2. The van der Waals surface area contributed by atoms with Gasteiger partial charge in [0.25, 0.3) is 0 Å². The summed E-state index contributed by atoms with van der Waals surface area (Å²) in [5, 5.41) is 9.13. The number of hydrogen-bond acceptors (Lipinski definition) is 7. The molecule has 0 bridgehead atoms. The summed E-state index contributed by atoms with van der Waals surface area (Å²) in [6.07, 6.45) is 3.60. The van der Waals surface area contributed by atoms with Gasteiger partial charge in [-0.05, 0) is 57.5 Å². The molecule has 1 aliphatic heterocycles. The predicted molar refractivity (Wildman–Crippen MR) is 126 cm³/mol. The molecule has 0 radical (unpaired) electrons. The molecule has 1 aliphatic rings. The van der Waals surface area contributed by atoms with E-state index in [4.69, 9.17) is 9.26 Å². The van der Waals surface area contributed by atoms with Crippen LogP contribution < -0.4 is 15.4 Å². The van der Waals surface area contributed by atoms with Crippen molar-refractivity contribution in [1.29, 1.82) is 0 Å².